The number of carbonyl (C=O) groups is 1. The zero-order valence-corrected chi connectivity index (χ0v) is 9.86. The third-order valence-electron chi connectivity index (χ3n) is 2.32. The van der Waals surface area contributed by atoms with Gasteiger partial charge in [0.15, 0.2) is 0 Å². The van der Waals surface area contributed by atoms with Crippen LogP contribution in [-0.2, 0) is 16.1 Å². The Morgan fingerprint density at radius 3 is 2.69 bits per heavy atom. The number of ether oxygens (including phenoxy) is 2. The molecule has 0 unspecified atom stereocenters. The van der Waals surface area contributed by atoms with Crippen LogP contribution in [0.5, 0.6) is 0 Å². The molecule has 1 rings (SSSR count). The number of hydrogen-bond acceptors (Lipinski definition) is 3. The Balaban J connectivity index is 2.29. The van der Waals surface area contributed by atoms with Gasteiger partial charge in [-0.2, -0.15) is 0 Å². The highest BCUT2D eigenvalue weighted by Crippen LogP contribution is 2.08. The molecule has 1 aromatic carbocycles. The van der Waals surface area contributed by atoms with Crippen LogP contribution >= 0.6 is 0 Å². The van der Waals surface area contributed by atoms with E-state index in [-0.39, 0.29) is 6.61 Å². The SMILES string of the molecule is CCCCOC(=O)OCc1ccccc1C. The molecule has 0 saturated heterocycles. The van der Waals surface area contributed by atoms with E-state index in [9.17, 15) is 4.79 Å². The van der Waals surface area contributed by atoms with Gasteiger partial charge in [-0.25, -0.2) is 4.79 Å². The number of carbonyl (C=O) groups excluding carboxylic acids is 1. The lowest BCUT2D eigenvalue weighted by Gasteiger charge is -2.07. The molecule has 0 fully saturated rings. The normalized spacial score (nSPS) is 9.88. The van der Waals surface area contributed by atoms with Gasteiger partial charge in [0, 0.05) is 0 Å². The van der Waals surface area contributed by atoms with Crippen LogP contribution in [0, 0.1) is 6.92 Å². The highest BCUT2D eigenvalue weighted by Gasteiger charge is 2.04. The van der Waals surface area contributed by atoms with Crippen LogP contribution in [0.2, 0.25) is 0 Å². The molecule has 0 atom stereocenters. The van der Waals surface area contributed by atoms with E-state index in [2.05, 4.69) is 0 Å². The van der Waals surface area contributed by atoms with E-state index in [0.717, 1.165) is 24.0 Å². The monoisotopic (exact) mass is 222 g/mol. The Morgan fingerprint density at radius 1 is 1.25 bits per heavy atom. The van der Waals surface area contributed by atoms with Crippen molar-refractivity contribution in [3.8, 4) is 0 Å². The molecule has 3 heteroatoms. The first-order chi connectivity index (χ1) is 7.74. The lowest BCUT2D eigenvalue weighted by molar-refractivity contribution is 0.0490. The smallest absolute Gasteiger partial charge is 0.434 e. The zero-order valence-electron chi connectivity index (χ0n) is 9.86. The van der Waals surface area contributed by atoms with Crippen molar-refractivity contribution in [2.45, 2.75) is 33.3 Å². The van der Waals surface area contributed by atoms with Crippen LogP contribution in [-0.4, -0.2) is 12.8 Å². The van der Waals surface area contributed by atoms with Crippen LogP contribution in [0.15, 0.2) is 24.3 Å². The largest absolute Gasteiger partial charge is 0.508 e. The summed E-state index contributed by atoms with van der Waals surface area (Å²) in [6, 6.07) is 7.81. The summed E-state index contributed by atoms with van der Waals surface area (Å²) < 4.78 is 9.88. The van der Waals surface area contributed by atoms with Gasteiger partial charge in [0.2, 0.25) is 0 Å². The third-order valence-corrected chi connectivity index (χ3v) is 2.32. The van der Waals surface area contributed by atoms with Gasteiger partial charge in [-0.1, -0.05) is 37.6 Å². The molecule has 0 N–H and O–H groups in total. The van der Waals surface area contributed by atoms with E-state index in [0.29, 0.717) is 6.61 Å². The molecule has 0 radical (unpaired) electrons. The second kappa shape index (κ2) is 6.88. The number of rotatable bonds is 5. The van der Waals surface area contributed by atoms with E-state index in [4.69, 9.17) is 9.47 Å². The van der Waals surface area contributed by atoms with Gasteiger partial charge in [0.1, 0.15) is 6.61 Å². The molecular weight excluding hydrogens is 204 g/mol. The molecule has 0 bridgehead atoms. The van der Waals surface area contributed by atoms with Crippen LogP contribution < -0.4 is 0 Å². The molecule has 0 aliphatic heterocycles. The molecule has 0 aliphatic carbocycles. The third kappa shape index (κ3) is 4.34. The maximum absolute atomic E-state index is 11.2. The predicted octanol–water partition coefficient (Wildman–Crippen LogP) is 3.45. The Hall–Kier alpha value is -1.51. The van der Waals surface area contributed by atoms with Crippen molar-refractivity contribution in [3.05, 3.63) is 35.4 Å². The van der Waals surface area contributed by atoms with Crippen LogP contribution in [0.3, 0.4) is 0 Å². The maximum Gasteiger partial charge on any atom is 0.508 e. The van der Waals surface area contributed by atoms with Crippen molar-refractivity contribution < 1.29 is 14.3 Å². The van der Waals surface area contributed by atoms with E-state index in [1.165, 1.54) is 0 Å². The molecule has 16 heavy (non-hydrogen) atoms. The first-order valence-corrected chi connectivity index (χ1v) is 5.58. The fourth-order valence-electron chi connectivity index (χ4n) is 1.25. The standard InChI is InChI=1S/C13H18O3/c1-3-4-9-15-13(14)16-10-12-8-6-5-7-11(12)2/h5-8H,3-4,9-10H2,1-2H3. The molecular formula is C13H18O3. The Kier molecular flexibility index (Phi) is 5.40. The summed E-state index contributed by atoms with van der Waals surface area (Å²) in [7, 11) is 0. The lowest BCUT2D eigenvalue weighted by Crippen LogP contribution is -2.08. The minimum atomic E-state index is -0.586. The molecule has 0 aliphatic rings. The molecule has 0 saturated carbocycles. The summed E-state index contributed by atoms with van der Waals surface area (Å²) in [5, 5.41) is 0. The van der Waals surface area contributed by atoms with Crippen molar-refractivity contribution in [2.75, 3.05) is 6.61 Å². The van der Waals surface area contributed by atoms with Crippen molar-refractivity contribution >= 4 is 6.16 Å². The lowest BCUT2D eigenvalue weighted by atomic mass is 10.1. The van der Waals surface area contributed by atoms with Gasteiger partial charge in [-0.15, -0.1) is 0 Å². The molecule has 88 valence electrons. The fraction of sp³-hybridized carbons (Fsp3) is 0.462. The molecule has 0 amide bonds. The fourth-order valence-corrected chi connectivity index (χ4v) is 1.25. The van der Waals surface area contributed by atoms with Gasteiger partial charge in [0.05, 0.1) is 6.61 Å². The molecule has 0 aromatic heterocycles. The van der Waals surface area contributed by atoms with Crippen molar-refractivity contribution in [1.29, 1.82) is 0 Å². The Bertz CT molecular complexity index is 334. The summed E-state index contributed by atoms with van der Waals surface area (Å²) in [5.74, 6) is 0. The number of benzene rings is 1. The maximum atomic E-state index is 11.2. The van der Waals surface area contributed by atoms with Crippen LogP contribution in [0.4, 0.5) is 4.79 Å². The highest BCUT2D eigenvalue weighted by atomic mass is 16.7. The average molecular weight is 222 g/mol. The first kappa shape index (κ1) is 12.6. The summed E-state index contributed by atoms with van der Waals surface area (Å²) in [6.07, 6.45) is 1.29. The second-order valence-electron chi connectivity index (χ2n) is 3.67. The van der Waals surface area contributed by atoms with E-state index < -0.39 is 6.16 Å². The Labute approximate surface area is 96.4 Å². The number of aryl methyl sites for hydroxylation is 1. The van der Waals surface area contributed by atoms with Gasteiger partial charge in [-0.05, 0) is 24.5 Å². The van der Waals surface area contributed by atoms with Gasteiger partial charge in [0.25, 0.3) is 0 Å². The van der Waals surface area contributed by atoms with Crippen LogP contribution in [0.25, 0.3) is 0 Å². The van der Waals surface area contributed by atoms with Crippen molar-refractivity contribution in [1.82, 2.24) is 0 Å². The Morgan fingerprint density at radius 2 is 2.00 bits per heavy atom. The summed E-state index contributed by atoms with van der Waals surface area (Å²) in [5.41, 5.74) is 2.12. The molecule has 3 nitrogen and oxygen atoms in total. The minimum absolute atomic E-state index is 0.275. The van der Waals surface area contributed by atoms with Gasteiger partial charge >= 0.3 is 6.16 Å². The summed E-state index contributed by atoms with van der Waals surface area (Å²) in [4.78, 5) is 11.2. The molecule has 0 heterocycles. The zero-order chi connectivity index (χ0) is 11.8. The number of unbranched alkanes of at least 4 members (excludes halogenated alkanes) is 1. The quantitative estimate of drug-likeness (QED) is 0.565. The first-order valence-electron chi connectivity index (χ1n) is 5.58. The van der Waals surface area contributed by atoms with E-state index in [1.807, 2.05) is 38.1 Å². The van der Waals surface area contributed by atoms with Gasteiger partial charge in [-0.3, -0.25) is 0 Å². The summed E-state index contributed by atoms with van der Waals surface area (Å²) >= 11 is 0. The molecule has 1 aromatic rings. The minimum Gasteiger partial charge on any atom is -0.434 e. The molecule has 0 spiro atoms. The van der Waals surface area contributed by atoms with E-state index in [1.54, 1.807) is 0 Å². The summed E-state index contributed by atoms with van der Waals surface area (Å²) in [6.45, 7) is 4.74. The predicted molar refractivity (Wildman–Crippen MR) is 62.2 cm³/mol. The van der Waals surface area contributed by atoms with Crippen molar-refractivity contribution in [3.63, 3.8) is 0 Å². The topological polar surface area (TPSA) is 35.5 Å². The number of hydrogen-bond donors (Lipinski definition) is 0. The highest BCUT2D eigenvalue weighted by molar-refractivity contribution is 5.59. The van der Waals surface area contributed by atoms with Crippen LogP contribution in [0.1, 0.15) is 30.9 Å². The van der Waals surface area contributed by atoms with Gasteiger partial charge < -0.3 is 9.47 Å². The van der Waals surface area contributed by atoms with E-state index >= 15 is 0 Å². The van der Waals surface area contributed by atoms with Crippen molar-refractivity contribution in [2.24, 2.45) is 0 Å². The second-order valence-corrected chi connectivity index (χ2v) is 3.67. The average Bonchev–Trinajstić information content (AvgIpc) is 2.28.